The number of nitrogens with one attached hydrogen (secondary N) is 1. The summed E-state index contributed by atoms with van der Waals surface area (Å²) in [6, 6.07) is 10.5. The zero-order valence-electron chi connectivity index (χ0n) is 13.2. The van der Waals surface area contributed by atoms with Crippen molar-refractivity contribution < 1.29 is 9.18 Å². The summed E-state index contributed by atoms with van der Waals surface area (Å²) in [7, 11) is 0. The van der Waals surface area contributed by atoms with Crippen LogP contribution in [0.15, 0.2) is 40.9 Å². The molecule has 1 aliphatic heterocycles. The van der Waals surface area contributed by atoms with E-state index < -0.39 is 0 Å². The van der Waals surface area contributed by atoms with E-state index in [1.165, 1.54) is 6.07 Å². The number of halogens is 2. The first-order valence-corrected chi connectivity index (χ1v) is 8.67. The third-order valence-corrected chi connectivity index (χ3v) is 5.70. The Bertz CT molecular complexity index is 963. The van der Waals surface area contributed by atoms with Crippen LogP contribution in [0.4, 0.5) is 4.39 Å². The molecule has 24 heavy (non-hydrogen) atoms. The molecular formula is C19H16BrFN2O. The quantitative estimate of drug-likeness (QED) is 0.652. The number of nitrogens with zero attached hydrogens (tertiary/aromatic N) is 1. The summed E-state index contributed by atoms with van der Waals surface area (Å²) in [5.74, 6) is -0.254. The Morgan fingerprint density at radius 2 is 2.12 bits per heavy atom. The second-order valence-corrected chi connectivity index (χ2v) is 6.98. The minimum absolute atomic E-state index is 0.00183. The Labute approximate surface area is 147 Å². The SMILES string of the molecule is Cc1cccc(C(=O)N2CCc3[nH]c4ccc(F)cc4c3C2)c1Br. The van der Waals surface area contributed by atoms with Crippen LogP contribution in [0.1, 0.15) is 27.2 Å². The molecule has 0 radical (unpaired) electrons. The fourth-order valence-corrected chi connectivity index (χ4v) is 3.78. The molecule has 3 nitrogen and oxygen atoms in total. The maximum absolute atomic E-state index is 13.6. The molecule has 0 atom stereocenters. The number of fused-ring (bicyclic) bond motifs is 3. The summed E-state index contributed by atoms with van der Waals surface area (Å²) in [4.78, 5) is 18.1. The zero-order valence-corrected chi connectivity index (χ0v) is 14.8. The van der Waals surface area contributed by atoms with Gasteiger partial charge in [-0.2, -0.15) is 0 Å². The van der Waals surface area contributed by atoms with Crippen LogP contribution in [0.2, 0.25) is 0 Å². The van der Waals surface area contributed by atoms with Gasteiger partial charge in [0.15, 0.2) is 0 Å². The van der Waals surface area contributed by atoms with E-state index in [1.54, 1.807) is 12.1 Å². The van der Waals surface area contributed by atoms with Crippen molar-refractivity contribution in [3.8, 4) is 0 Å². The highest BCUT2D eigenvalue weighted by Crippen LogP contribution is 2.30. The van der Waals surface area contributed by atoms with Crippen molar-refractivity contribution in [1.29, 1.82) is 0 Å². The lowest BCUT2D eigenvalue weighted by Gasteiger charge is -2.28. The summed E-state index contributed by atoms with van der Waals surface area (Å²) >= 11 is 3.52. The fraction of sp³-hybridized carbons (Fsp3) is 0.211. The van der Waals surface area contributed by atoms with E-state index in [0.29, 0.717) is 18.7 Å². The van der Waals surface area contributed by atoms with Crippen molar-refractivity contribution in [2.45, 2.75) is 19.9 Å². The number of amides is 1. The second-order valence-electron chi connectivity index (χ2n) is 6.19. The lowest BCUT2D eigenvalue weighted by atomic mass is 10.0. The molecular weight excluding hydrogens is 371 g/mol. The van der Waals surface area contributed by atoms with Crippen LogP contribution < -0.4 is 0 Å². The first-order chi connectivity index (χ1) is 11.5. The smallest absolute Gasteiger partial charge is 0.255 e. The van der Waals surface area contributed by atoms with Crippen LogP contribution in [0, 0.1) is 12.7 Å². The lowest BCUT2D eigenvalue weighted by molar-refractivity contribution is 0.0734. The van der Waals surface area contributed by atoms with Gasteiger partial charge in [0.25, 0.3) is 5.91 Å². The minimum Gasteiger partial charge on any atom is -0.358 e. The fourth-order valence-electron chi connectivity index (χ4n) is 3.34. The van der Waals surface area contributed by atoms with Crippen LogP contribution in [-0.2, 0) is 13.0 Å². The molecule has 1 aliphatic rings. The van der Waals surface area contributed by atoms with Crippen LogP contribution in [-0.4, -0.2) is 22.3 Å². The normalized spacial score (nSPS) is 14.0. The van der Waals surface area contributed by atoms with Gasteiger partial charge in [-0.05, 0) is 52.7 Å². The van der Waals surface area contributed by atoms with Crippen LogP contribution in [0.3, 0.4) is 0 Å². The van der Waals surface area contributed by atoms with Gasteiger partial charge in [0, 0.05) is 46.1 Å². The van der Waals surface area contributed by atoms with Crippen molar-refractivity contribution in [2.24, 2.45) is 0 Å². The van der Waals surface area contributed by atoms with Gasteiger partial charge in [-0.3, -0.25) is 4.79 Å². The molecule has 0 unspecified atom stereocenters. The molecule has 2 heterocycles. The Kier molecular flexibility index (Phi) is 3.68. The number of hydrogen-bond donors (Lipinski definition) is 1. The maximum atomic E-state index is 13.6. The summed E-state index contributed by atoms with van der Waals surface area (Å²) in [6.07, 6.45) is 0.751. The van der Waals surface area contributed by atoms with Crippen LogP contribution in [0.25, 0.3) is 10.9 Å². The van der Waals surface area contributed by atoms with E-state index in [-0.39, 0.29) is 11.7 Å². The van der Waals surface area contributed by atoms with Crippen molar-refractivity contribution in [3.05, 3.63) is 69.1 Å². The number of rotatable bonds is 1. The minimum atomic E-state index is -0.255. The number of benzene rings is 2. The van der Waals surface area contributed by atoms with Gasteiger partial charge >= 0.3 is 0 Å². The highest BCUT2D eigenvalue weighted by atomic mass is 79.9. The molecule has 5 heteroatoms. The van der Waals surface area contributed by atoms with Gasteiger partial charge in [-0.1, -0.05) is 12.1 Å². The molecule has 1 N–H and O–H groups in total. The molecule has 122 valence electrons. The summed E-state index contributed by atoms with van der Waals surface area (Å²) in [5, 5.41) is 0.866. The van der Waals surface area contributed by atoms with Crippen molar-refractivity contribution in [3.63, 3.8) is 0 Å². The average molecular weight is 387 g/mol. The molecule has 0 aliphatic carbocycles. The zero-order chi connectivity index (χ0) is 16.8. The number of carbonyl (C=O) groups excluding carboxylic acids is 1. The number of hydrogen-bond acceptors (Lipinski definition) is 1. The number of carbonyl (C=O) groups is 1. The lowest BCUT2D eigenvalue weighted by Crippen LogP contribution is -2.36. The van der Waals surface area contributed by atoms with Crippen molar-refractivity contribution in [2.75, 3.05) is 6.54 Å². The number of aromatic nitrogens is 1. The van der Waals surface area contributed by atoms with E-state index in [4.69, 9.17) is 0 Å². The highest BCUT2D eigenvalue weighted by molar-refractivity contribution is 9.10. The Morgan fingerprint density at radius 1 is 1.29 bits per heavy atom. The molecule has 3 aromatic rings. The third kappa shape index (κ3) is 2.44. The van der Waals surface area contributed by atoms with Crippen LogP contribution >= 0.6 is 15.9 Å². The largest absolute Gasteiger partial charge is 0.358 e. The molecule has 0 saturated carbocycles. The Hall–Kier alpha value is -2.14. The van der Waals surface area contributed by atoms with Gasteiger partial charge in [0.2, 0.25) is 0 Å². The average Bonchev–Trinajstić information content (AvgIpc) is 2.94. The van der Waals surface area contributed by atoms with Gasteiger partial charge in [0.05, 0.1) is 5.56 Å². The number of H-pyrrole nitrogens is 1. The maximum Gasteiger partial charge on any atom is 0.255 e. The van der Waals surface area contributed by atoms with Gasteiger partial charge in [-0.15, -0.1) is 0 Å². The molecule has 0 fully saturated rings. The molecule has 0 spiro atoms. The monoisotopic (exact) mass is 386 g/mol. The standard InChI is InChI=1S/C19H16BrFN2O/c1-11-3-2-4-13(18(11)20)19(24)23-8-7-17-15(10-23)14-9-12(21)5-6-16(14)22-17/h2-6,9,22H,7-8,10H2,1H3. The van der Waals surface area contributed by atoms with Crippen molar-refractivity contribution in [1.82, 2.24) is 9.88 Å². The molecule has 4 rings (SSSR count). The first kappa shape index (κ1) is 15.4. The predicted octanol–water partition coefficient (Wildman–Crippen LogP) is 4.58. The van der Waals surface area contributed by atoms with E-state index in [1.807, 2.05) is 30.0 Å². The van der Waals surface area contributed by atoms with Gasteiger partial charge < -0.3 is 9.88 Å². The summed E-state index contributed by atoms with van der Waals surface area (Å²) in [5.41, 5.74) is 4.75. The molecule has 0 saturated heterocycles. The Balaban J connectivity index is 1.71. The van der Waals surface area contributed by atoms with E-state index in [2.05, 4.69) is 20.9 Å². The summed E-state index contributed by atoms with van der Waals surface area (Å²) < 4.78 is 14.4. The van der Waals surface area contributed by atoms with E-state index in [0.717, 1.165) is 38.6 Å². The third-order valence-electron chi connectivity index (χ3n) is 4.65. The van der Waals surface area contributed by atoms with Gasteiger partial charge in [0.1, 0.15) is 5.82 Å². The topological polar surface area (TPSA) is 36.1 Å². The first-order valence-electron chi connectivity index (χ1n) is 7.88. The van der Waals surface area contributed by atoms with Crippen molar-refractivity contribution >= 4 is 32.7 Å². The predicted molar refractivity (Wildman–Crippen MR) is 95.6 cm³/mol. The Morgan fingerprint density at radius 3 is 2.96 bits per heavy atom. The number of aryl methyl sites for hydroxylation is 1. The van der Waals surface area contributed by atoms with Crippen LogP contribution in [0.5, 0.6) is 0 Å². The summed E-state index contributed by atoms with van der Waals surface area (Å²) in [6.45, 7) is 3.12. The highest BCUT2D eigenvalue weighted by Gasteiger charge is 2.26. The van der Waals surface area contributed by atoms with E-state index >= 15 is 0 Å². The molecule has 2 aromatic carbocycles. The second kappa shape index (κ2) is 5.74. The molecule has 0 bridgehead atoms. The van der Waals surface area contributed by atoms with Gasteiger partial charge in [-0.25, -0.2) is 4.39 Å². The number of aromatic amines is 1. The van der Waals surface area contributed by atoms with E-state index in [9.17, 15) is 9.18 Å². The molecule has 1 aromatic heterocycles. The molecule has 1 amide bonds.